The summed E-state index contributed by atoms with van der Waals surface area (Å²) in [5, 5.41) is 9.28. The van der Waals surface area contributed by atoms with Crippen molar-refractivity contribution in [3.05, 3.63) is 24.0 Å². The molecule has 1 atom stereocenters. The Labute approximate surface area is 113 Å². The average molecular weight is 288 g/mol. The lowest BCUT2D eigenvalue weighted by Gasteiger charge is -2.32. The monoisotopic (exact) mass is 288 g/mol. The highest BCUT2D eigenvalue weighted by Gasteiger charge is 2.47. The summed E-state index contributed by atoms with van der Waals surface area (Å²) in [5.41, 5.74) is 3.05. The van der Waals surface area contributed by atoms with Crippen molar-refractivity contribution in [3.63, 3.8) is 0 Å². The van der Waals surface area contributed by atoms with Crippen LogP contribution in [-0.4, -0.2) is 27.6 Å². The van der Waals surface area contributed by atoms with Crippen LogP contribution in [0.3, 0.4) is 0 Å². The summed E-state index contributed by atoms with van der Waals surface area (Å²) < 4.78 is 40.2. The molecule has 0 radical (unpaired) electrons. The Morgan fingerprint density at radius 2 is 2.20 bits per heavy atom. The van der Waals surface area contributed by atoms with E-state index in [1.54, 1.807) is 30.9 Å². The van der Waals surface area contributed by atoms with Crippen molar-refractivity contribution < 1.29 is 13.2 Å². The molecule has 9 heteroatoms. The third kappa shape index (κ3) is 2.77. The maximum Gasteiger partial charge on any atom is 0.417 e. The van der Waals surface area contributed by atoms with Crippen molar-refractivity contribution >= 4 is 11.8 Å². The van der Waals surface area contributed by atoms with E-state index in [2.05, 4.69) is 20.7 Å². The second kappa shape index (κ2) is 4.82. The van der Waals surface area contributed by atoms with Crippen LogP contribution in [0, 0.1) is 0 Å². The van der Waals surface area contributed by atoms with Gasteiger partial charge < -0.3 is 16.4 Å². The standard InChI is InChI=1S/C11H15F3N6/c1-3-10(15)7(11(12,13)14)6-16-9(18-10)17-8-4-5-20(2)19-8/h4-6H,3,15H2,1-2H3,(H2,16,17,18,19). The molecule has 0 bridgehead atoms. The fourth-order valence-corrected chi connectivity index (χ4v) is 1.82. The lowest BCUT2D eigenvalue weighted by atomic mass is 9.97. The van der Waals surface area contributed by atoms with Crippen LogP contribution in [0.1, 0.15) is 13.3 Å². The summed E-state index contributed by atoms with van der Waals surface area (Å²) in [6, 6.07) is 1.66. The van der Waals surface area contributed by atoms with E-state index >= 15 is 0 Å². The second-order valence-corrected chi connectivity index (χ2v) is 4.44. The number of nitrogens with one attached hydrogen (secondary N) is 2. The molecule has 0 spiro atoms. The van der Waals surface area contributed by atoms with Gasteiger partial charge in [0.15, 0.2) is 5.82 Å². The van der Waals surface area contributed by atoms with E-state index in [0.717, 1.165) is 6.20 Å². The Bertz CT molecular complexity index is 559. The molecule has 0 saturated carbocycles. The fraction of sp³-hybridized carbons (Fsp3) is 0.455. The Hall–Kier alpha value is -2.03. The number of alkyl halides is 3. The Morgan fingerprint density at radius 1 is 1.50 bits per heavy atom. The van der Waals surface area contributed by atoms with Gasteiger partial charge in [-0.05, 0) is 6.42 Å². The van der Waals surface area contributed by atoms with Crippen LogP contribution in [0.25, 0.3) is 0 Å². The molecule has 0 amide bonds. The lowest BCUT2D eigenvalue weighted by Crippen LogP contribution is -2.51. The van der Waals surface area contributed by atoms with Gasteiger partial charge in [0.25, 0.3) is 0 Å². The molecule has 110 valence electrons. The number of hydrogen-bond donors (Lipinski definition) is 3. The van der Waals surface area contributed by atoms with Crippen LogP contribution in [-0.2, 0) is 7.05 Å². The summed E-state index contributed by atoms with van der Waals surface area (Å²) in [4.78, 5) is 3.92. The van der Waals surface area contributed by atoms with Gasteiger partial charge in [-0.25, -0.2) is 4.99 Å². The molecule has 0 aromatic carbocycles. The maximum atomic E-state index is 12.9. The first-order valence-corrected chi connectivity index (χ1v) is 5.94. The number of anilines is 1. The fourth-order valence-electron chi connectivity index (χ4n) is 1.82. The largest absolute Gasteiger partial charge is 0.417 e. The van der Waals surface area contributed by atoms with Crippen LogP contribution < -0.4 is 16.4 Å². The summed E-state index contributed by atoms with van der Waals surface area (Å²) in [7, 11) is 1.72. The molecule has 2 heterocycles. The molecular weight excluding hydrogens is 273 g/mol. The van der Waals surface area contributed by atoms with Crippen molar-refractivity contribution in [1.29, 1.82) is 0 Å². The zero-order valence-electron chi connectivity index (χ0n) is 11.0. The highest BCUT2D eigenvalue weighted by molar-refractivity contribution is 5.94. The van der Waals surface area contributed by atoms with E-state index in [0.29, 0.717) is 5.82 Å². The molecule has 0 aliphatic carbocycles. The molecule has 0 saturated heterocycles. The molecule has 6 nitrogen and oxygen atoms in total. The number of halogens is 3. The number of guanidine groups is 1. The van der Waals surface area contributed by atoms with E-state index in [-0.39, 0.29) is 12.4 Å². The van der Waals surface area contributed by atoms with E-state index in [9.17, 15) is 13.2 Å². The summed E-state index contributed by atoms with van der Waals surface area (Å²) in [6.45, 7) is 1.55. The maximum absolute atomic E-state index is 12.9. The number of aryl methyl sites for hydroxylation is 1. The second-order valence-electron chi connectivity index (χ2n) is 4.44. The molecule has 1 unspecified atom stereocenters. The van der Waals surface area contributed by atoms with Crippen molar-refractivity contribution in [2.45, 2.75) is 25.2 Å². The van der Waals surface area contributed by atoms with Gasteiger partial charge in [0.2, 0.25) is 5.96 Å². The molecule has 2 rings (SSSR count). The van der Waals surface area contributed by atoms with Gasteiger partial charge in [-0.15, -0.1) is 0 Å². The molecular formula is C11H15F3N6. The predicted molar refractivity (Wildman–Crippen MR) is 68.7 cm³/mol. The first-order valence-electron chi connectivity index (χ1n) is 5.94. The highest BCUT2D eigenvalue weighted by Crippen LogP contribution is 2.36. The summed E-state index contributed by atoms with van der Waals surface area (Å²) >= 11 is 0. The summed E-state index contributed by atoms with van der Waals surface area (Å²) in [5.74, 6) is 0.585. The van der Waals surface area contributed by atoms with Crippen LogP contribution in [0.4, 0.5) is 19.0 Å². The quantitative estimate of drug-likeness (QED) is 0.766. The van der Waals surface area contributed by atoms with Gasteiger partial charge in [0.05, 0.1) is 5.57 Å². The number of aliphatic imine (C=N–C) groups is 1. The lowest BCUT2D eigenvalue weighted by molar-refractivity contribution is -0.101. The number of aromatic nitrogens is 2. The molecule has 1 aromatic rings. The summed E-state index contributed by atoms with van der Waals surface area (Å²) in [6.07, 6.45) is -1.98. The van der Waals surface area contributed by atoms with Crippen LogP contribution in [0.2, 0.25) is 0 Å². The zero-order chi connectivity index (χ0) is 15.0. The number of rotatable bonds is 2. The SMILES string of the molecule is CCC1(N)N=C(Nc2ccn(C)n2)NC=C1C(F)(F)F. The Balaban J connectivity index is 2.23. The topological polar surface area (TPSA) is 80.3 Å². The third-order valence-electron chi connectivity index (χ3n) is 2.94. The van der Waals surface area contributed by atoms with E-state index in [4.69, 9.17) is 5.73 Å². The van der Waals surface area contributed by atoms with Crippen molar-refractivity contribution in [2.75, 3.05) is 5.32 Å². The van der Waals surface area contributed by atoms with Gasteiger partial charge >= 0.3 is 6.18 Å². The minimum Gasteiger partial charge on any atom is -0.332 e. The van der Waals surface area contributed by atoms with Crippen LogP contribution >= 0.6 is 0 Å². The Morgan fingerprint density at radius 3 is 2.70 bits per heavy atom. The molecule has 1 aliphatic rings. The van der Waals surface area contributed by atoms with Gasteiger partial charge in [-0.2, -0.15) is 18.3 Å². The van der Waals surface area contributed by atoms with Gasteiger partial charge in [0, 0.05) is 25.5 Å². The minimum absolute atomic E-state index is 0.0213. The van der Waals surface area contributed by atoms with E-state index < -0.39 is 17.4 Å². The Kier molecular flexibility index (Phi) is 3.46. The third-order valence-corrected chi connectivity index (χ3v) is 2.94. The van der Waals surface area contributed by atoms with Crippen molar-refractivity contribution in [2.24, 2.45) is 17.8 Å². The normalized spacial score (nSPS) is 22.9. The van der Waals surface area contributed by atoms with Crippen LogP contribution in [0.15, 0.2) is 29.0 Å². The first kappa shape index (κ1) is 14.4. The van der Waals surface area contributed by atoms with E-state index in [1.807, 2.05) is 0 Å². The van der Waals surface area contributed by atoms with E-state index in [1.165, 1.54) is 0 Å². The zero-order valence-corrected chi connectivity index (χ0v) is 11.0. The highest BCUT2D eigenvalue weighted by atomic mass is 19.4. The van der Waals surface area contributed by atoms with Gasteiger partial charge in [-0.3, -0.25) is 4.68 Å². The van der Waals surface area contributed by atoms with Crippen molar-refractivity contribution in [3.8, 4) is 0 Å². The van der Waals surface area contributed by atoms with Crippen molar-refractivity contribution in [1.82, 2.24) is 15.1 Å². The molecule has 20 heavy (non-hydrogen) atoms. The number of nitrogens with zero attached hydrogens (tertiary/aromatic N) is 3. The van der Waals surface area contributed by atoms with Gasteiger partial charge in [-0.1, -0.05) is 6.92 Å². The molecule has 0 fully saturated rings. The first-order chi connectivity index (χ1) is 9.24. The number of nitrogens with two attached hydrogens (primary N) is 1. The van der Waals surface area contributed by atoms with Gasteiger partial charge in [0.1, 0.15) is 5.66 Å². The minimum atomic E-state index is -4.53. The number of hydrogen-bond acceptors (Lipinski definition) is 5. The predicted octanol–water partition coefficient (Wildman–Crippen LogP) is 1.30. The molecule has 1 aliphatic heterocycles. The molecule has 4 N–H and O–H groups in total. The average Bonchev–Trinajstić information content (AvgIpc) is 2.73. The van der Waals surface area contributed by atoms with Crippen LogP contribution in [0.5, 0.6) is 0 Å². The molecule has 1 aromatic heterocycles. The smallest absolute Gasteiger partial charge is 0.332 e.